The van der Waals surface area contributed by atoms with Crippen LogP contribution in [0.15, 0.2) is 61.1 Å². The Morgan fingerprint density at radius 1 is 1.05 bits per heavy atom. The molecule has 0 unspecified atom stereocenters. The van der Waals surface area contributed by atoms with Gasteiger partial charge in [-0.25, -0.2) is 28.5 Å². The zero-order valence-electron chi connectivity index (χ0n) is 23.9. The highest BCUT2D eigenvalue weighted by Crippen LogP contribution is 2.34. The summed E-state index contributed by atoms with van der Waals surface area (Å²) in [6.45, 7) is 7.71. The fourth-order valence-electron chi connectivity index (χ4n) is 5.12. The summed E-state index contributed by atoms with van der Waals surface area (Å²) >= 11 is 0. The van der Waals surface area contributed by atoms with Gasteiger partial charge in [0.05, 0.1) is 11.6 Å². The van der Waals surface area contributed by atoms with E-state index in [1.165, 1.54) is 35.4 Å². The van der Waals surface area contributed by atoms with Crippen LogP contribution in [-0.2, 0) is 4.74 Å². The average Bonchev–Trinajstić information content (AvgIpc) is 2.93. The molecule has 5 rings (SSSR count). The Labute approximate surface area is 242 Å². The van der Waals surface area contributed by atoms with E-state index in [1.54, 1.807) is 63.2 Å². The predicted molar refractivity (Wildman–Crippen MR) is 156 cm³/mol. The van der Waals surface area contributed by atoms with Crippen molar-refractivity contribution in [3.05, 3.63) is 83.8 Å². The molecule has 2 aromatic heterocycles. The summed E-state index contributed by atoms with van der Waals surface area (Å²) < 4.78 is 35.5. The third kappa shape index (κ3) is 6.29. The van der Waals surface area contributed by atoms with Gasteiger partial charge in [0, 0.05) is 42.8 Å². The number of rotatable bonds is 5. The number of hydrogen-bond acceptors (Lipinski definition) is 7. The molecule has 0 radical (unpaired) electrons. The van der Waals surface area contributed by atoms with Crippen LogP contribution in [-0.4, -0.2) is 56.6 Å². The SMILES string of the molecule is Cc1cc(F)cc2ccnc(N(C(=O)c3ccc(Nc4ncccn4)cc3F)[C@@H]3CCCN(C(=O)OC(C)(C)C)C3)c12. The molecule has 1 saturated heterocycles. The first-order valence-corrected chi connectivity index (χ1v) is 13.7. The zero-order valence-corrected chi connectivity index (χ0v) is 23.9. The molecule has 0 saturated carbocycles. The van der Waals surface area contributed by atoms with Gasteiger partial charge in [0.25, 0.3) is 5.91 Å². The molecule has 2 aromatic carbocycles. The van der Waals surface area contributed by atoms with E-state index in [9.17, 15) is 14.0 Å². The van der Waals surface area contributed by atoms with Gasteiger partial charge < -0.3 is 15.0 Å². The first-order chi connectivity index (χ1) is 20.0. The summed E-state index contributed by atoms with van der Waals surface area (Å²) in [4.78, 5) is 42.9. The predicted octanol–water partition coefficient (Wildman–Crippen LogP) is 6.40. The number of anilines is 3. The number of carbonyl (C=O) groups excluding carboxylic acids is 2. The average molecular weight is 575 g/mol. The molecule has 1 atom stereocenters. The fraction of sp³-hybridized carbons (Fsp3) is 0.323. The second-order valence-electron chi connectivity index (χ2n) is 11.2. The highest BCUT2D eigenvalue weighted by molar-refractivity contribution is 6.11. The summed E-state index contributed by atoms with van der Waals surface area (Å²) in [5, 5.41) is 4.04. The van der Waals surface area contributed by atoms with E-state index in [-0.39, 0.29) is 23.9 Å². The Balaban J connectivity index is 1.55. The number of halogens is 2. The summed E-state index contributed by atoms with van der Waals surface area (Å²) in [6, 6.07) is 9.68. The molecule has 218 valence electrons. The molecule has 1 fully saturated rings. The van der Waals surface area contributed by atoms with Crippen molar-refractivity contribution in [3.8, 4) is 0 Å². The summed E-state index contributed by atoms with van der Waals surface area (Å²) in [7, 11) is 0. The van der Waals surface area contributed by atoms with Gasteiger partial charge in [-0.2, -0.15) is 0 Å². The molecule has 2 amide bonds. The smallest absolute Gasteiger partial charge is 0.410 e. The van der Waals surface area contributed by atoms with Crippen molar-refractivity contribution in [2.24, 2.45) is 0 Å². The van der Waals surface area contributed by atoms with Gasteiger partial charge in [-0.15, -0.1) is 0 Å². The first kappa shape index (κ1) is 28.8. The molecule has 1 N–H and O–H groups in total. The Bertz CT molecular complexity index is 1630. The summed E-state index contributed by atoms with van der Waals surface area (Å²) in [5.74, 6) is -1.25. The number of likely N-dealkylation sites (tertiary alicyclic amines) is 1. The lowest BCUT2D eigenvalue weighted by Gasteiger charge is -2.39. The Hall–Kier alpha value is -4.67. The minimum absolute atomic E-state index is 0.158. The van der Waals surface area contributed by atoms with Crippen molar-refractivity contribution in [2.75, 3.05) is 23.3 Å². The number of amides is 2. The van der Waals surface area contributed by atoms with E-state index in [0.29, 0.717) is 41.4 Å². The van der Waals surface area contributed by atoms with Gasteiger partial charge in [0.2, 0.25) is 5.95 Å². The van der Waals surface area contributed by atoms with Crippen LogP contribution in [0.3, 0.4) is 0 Å². The lowest BCUT2D eigenvalue weighted by molar-refractivity contribution is 0.0196. The standard InChI is InChI=1S/C31H32F2N6O3/c1-19-15-21(32)16-20-10-13-34-27(26(19)20)39(23-7-5-14-38(18-23)30(41)42-31(2,3)4)28(40)24-9-8-22(17-25(24)33)37-29-35-11-6-12-36-29/h6,8-13,15-17,23H,5,7,14,18H2,1-4H3,(H,35,36,37)/t23-/m1/s1. The molecule has 4 aromatic rings. The maximum atomic E-state index is 15.6. The Morgan fingerprint density at radius 2 is 1.81 bits per heavy atom. The van der Waals surface area contributed by atoms with Gasteiger partial charge in [0.15, 0.2) is 0 Å². The van der Waals surface area contributed by atoms with Gasteiger partial charge in [-0.1, -0.05) is 0 Å². The number of carbonyl (C=O) groups is 2. The van der Waals surface area contributed by atoms with Gasteiger partial charge in [0.1, 0.15) is 23.1 Å². The second kappa shape index (κ2) is 11.7. The maximum absolute atomic E-state index is 15.6. The number of fused-ring (bicyclic) bond motifs is 1. The van der Waals surface area contributed by atoms with Gasteiger partial charge in [-0.3, -0.25) is 9.69 Å². The van der Waals surface area contributed by atoms with Crippen molar-refractivity contribution < 1.29 is 23.1 Å². The van der Waals surface area contributed by atoms with Crippen LogP contribution in [0, 0.1) is 18.6 Å². The van der Waals surface area contributed by atoms with Crippen LogP contribution in [0.1, 0.15) is 49.5 Å². The van der Waals surface area contributed by atoms with E-state index >= 15 is 4.39 Å². The maximum Gasteiger partial charge on any atom is 0.410 e. The number of nitrogens with one attached hydrogen (secondary N) is 1. The number of pyridine rings is 1. The number of hydrogen-bond donors (Lipinski definition) is 1. The van der Waals surface area contributed by atoms with E-state index in [0.717, 1.165) is 0 Å². The number of aryl methyl sites for hydroxylation is 1. The number of aromatic nitrogens is 3. The fourth-order valence-corrected chi connectivity index (χ4v) is 5.12. The Morgan fingerprint density at radius 3 is 2.52 bits per heavy atom. The molecule has 1 aliphatic heterocycles. The topological polar surface area (TPSA) is 101 Å². The van der Waals surface area contributed by atoms with Gasteiger partial charge in [-0.05, 0) is 94.0 Å². The number of benzene rings is 2. The van der Waals surface area contributed by atoms with E-state index in [1.807, 2.05) is 0 Å². The van der Waals surface area contributed by atoms with Crippen molar-refractivity contribution in [1.82, 2.24) is 19.9 Å². The quantitative estimate of drug-likeness (QED) is 0.294. The molecule has 42 heavy (non-hydrogen) atoms. The van der Waals surface area contributed by atoms with E-state index < -0.39 is 35.3 Å². The molecule has 0 bridgehead atoms. The summed E-state index contributed by atoms with van der Waals surface area (Å²) in [6.07, 6.45) is 5.24. The highest BCUT2D eigenvalue weighted by Gasteiger charge is 2.36. The largest absolute Gasteiger partial charge is 0.444 e. The van der Waals surface area contributed by atoms with Crippen LogP contribution in [0.4, 0.5) is 31.0 Å². The lowest BCUT2D eigenvalue weighted by atomic mass is 10.00. The zero-order chi connectivity index (χ0) is 30.0. The number of ether oxygens (including phenoxy) is 1. The first-order valence-electron chi connectivity index (χ1n) is 13.7. The molecule has 0 aliphatic carbocycles. The molecule has 11 heteroatoms. The minimum Gasteiger partial charge on any atom is -0.444 e. The minimum atomic E-state index is -0.756. The lowest BCUT2D eigenvalue weighted by Crippen LogP contribution is -2.53. The van der Waals surface area contributed by atoms with Crippen molar-refractivity contribution >= 4 is 40.2 Å². The molecular weight excluding hydrogens is 542 g/mol. The highest BCUT2D eigenvalue weighted by atomic mass is 19.1. The van der Waals surface area contributed by atoms with Crippen LogP contribution >= 0.6 is 0 Å². The Kier molecular flexibility index (Phi) is 8.02. The van der Waals surface area contributed by atoms with Crippen molar-refractivity contribution in [2.45, 2.75) is 52.2 Å². The van der Waals surface area contributed by atoms with Crippen LogP contribution in [0.25, 0.3) is 10.8 Å². The van der Waals surface area contributed by atoms with Crippen molar-refractivity contribution in [1.29, 1.82) is 0 Å². The summed E-state index contributed by atoms with van der Waals surface area (Å²) in [5.41, 5.74) is 0.0722. The van der Waals surface area contributed by atoms with Crippen LogP contribution in [0.5, 0.6) is 0 Å². The number of nitrogens with zero attached hydrogens (tertiary/aromatic N) is 5. The third-order valence-electron chi connectivity index (χ3n) is 6.89. The monoisotopic (exact) mass is 574 g/mol. The molecule has 0 spiro atoms. The number of piperidine rings is 1. The molecule has 1 aliphatic rings. The van der Waals surface area contributed by atoms with E-state index in [2.05, 4.69) is 20.3 Å². The normalized spacial score (nSPS) is 15.4. The van der Waals surface area contributed by atoms with Crippen LogP contribution in [0.2, 0.25) is 0 Å². The molecular formula is C31H32F2N6O3. The van der Waals surface area contributed by atoms with Gasteiger partial charge >= 0.3 is 6.09 Å². The molecule has 9 nitrogen and oxygen atoms in total. The van der Waals surface area contributed by atoms with Crippen LogP contribution < -0.4 is 10.2 Å². The van der Waals surface area contributed by atoms with Crippen molar-refractivity contribution in [3.63, 3.8) is 0 Å². The van der Waals surface area contributed by atoms with E-state index in [4.69, 9.17) is 4.74 Å². The molecule has 3 heterocycles. The second-order valence-corrected chi connectivity index (χ2v) is 11.2. The third-order valence-corrected chi connectivity index (χ3v) is 6.89.